The molecular weight excluding hydrogens is 272 g/mol. The summed E-state index contributed by atoms with van der Waals surface area (Å²) < 4.78 is 0. The van der Waals surface area contributed by atoms with Crippen molar-refractivity contribution in [3.63, 3.8) is 0 Å². The van der Waals surface area contributed by atoms with Crippen LogP contribution in [0.3, 0.4) is 0 Å². The molecule has 3 aromatic carbocycles. The number of rotatable bonds is 1. The van der Waals surface area contributed by atoms with E-state index in [1.54, 1.807) is 0 Å². The molecule has 1 aliphatic carbocycles. The van der Waals surface area contributed by atoms with Crippen molar-refractivity contribution in [2.24, 2.45) is 0 Å². The van der Waals surface area contributed by atoms with E-state index in [2.05, 4.69) is 30.3 Å². The maximum atomic E-state index is 11.2. The minimum Gasteiger partial charge on any atom is -0.390 e. The zero-order valence-electron chi connectivity index (χ0n) is 12.5. The maximum absolute atomic E-state index is 11.2. The summed E-state index contributed by atoms with van der Waals surface area (Å²) in [6.07, 6.45) is 2.53. The number of hydrogen-bond donors (Lipinski definition) is 2. The van der Waals surface area contributed by atoms with E-state index in [-0.39, 0.29) is 0 Å². The normalized spacial score (nSPS) is 25.6. The molecule has 0 heterocycles. The summed E-state index contributed by atoms with van der Waals surface area (Å²) >= 11 is 0. The lowest BCUT2D eigenvalue weighted by molar-refractivity contribution is -0.104. The summed E-state index contributed by atoms with van der Waals surface area (Å²) in [4.78, 5) is 0. The maximum Gasteiger partial charge on any atom is 0.116 e. The van der Waals surface area contributed by atoms with Crippen LogP contribution in [0.5, 0.6) is 0 Å². The van der Waals surface area contributed by atoms with Crippen LogP contribution < -0.4 is 0 Å². The molecule has 2 heteroatoms. The second-order valence-electron chi connectivity index (χ2n) is 6.38. The van der Waals surface area contributed by atoms with E-state index in [0.29, 0.717) is 12.8 Å². The standard InChI is InChI=1S/C20H20O2/c21-19-11-5-6-12-20(19,22)18-13-14-7-1-2-8-15(14)16-9-3-4-10-17(16)18/h1-4,7-10,13,19,21-22H,5-6,11-12H2/t19-,20?/m1/s1. The van der Waals surface area contributed by atoms with Gasteiger partial charge in [-0.25, -0.2) is 0 Å². The van der Waals surface area contributed by atoms with Gasteiger partial charge in [0.2, 0.25) is 0 Å². The second kappa shape index (κ2) is 5.08. The largest absolute Gasteiger partial charge is 0.390 e. The van der Waals surface area contributed by atoms with Crippen molar-refractivity contribution in [3.8, 4) is 0 Å². The molecule has 1 aliphatic rings. The van der Waals surface area contributed by atoms with Crippen LogP contribution >= 0.6 is 0 Å². The predicted octanol–water partition coefficient (Wildman–Crippen LogP) is 4.12. The Bertz CT molecular complexity index is 839. The van der Waals surface area contributed by atoms with Gasteiger partial charge in [-0.1, -0.05) is 61.4 Å². The number of hydrogen-bond acceptors (Lipinski definition) is 2. The van der Waals surface area contributed by atoms with Gasteiger partial charge in [-0.3, -0.25) is 0 Å². The first kappa shape index (κ1) is 13.7. The van der Waals surface area contributed by atoms with Crippen molar-refractivity contribution >= 4 is 21.5 Å². The molecule has 0 spiro atoms. The molecule has 1 fully saturated rings. The van der Waals surface area contributed by atoms with Gasteiger partial charge in [0.05, 0.1) is 6.10 Å². The lowest BCUT2D eigenvalue weighted by Gasteiger charge is -2.38. The van der Waals surface area contributed by atoms with Gasteiger partial charge in [-0.2, -0.15) is 0 Å². The highest BCUT2D eigenvalue weighted by Gasteiger charge is 2.40. The lowest BCUT2D eigenvalue weighted by Crippen LogP contribution is -2.42. The highest BCUT2D eigenvalue weighted by molar-refractivity contribution is 6.09. The van der Waals surface area contributed by atoms with E-state index in [1.807, 2.05) is 24.3 Å². The Hall–Kier alpha value is -1.90. The number of aliphatic hydroxyl groups is 2. The van der Waals surface area contributed by atoms with Crippen LogP contribution in [-0.2, 0) is 5.60 Å². The van der Waals surface area contributed by atoms with Crippen molar-refractivity contribution < 1.29 is 10.2 Å². The molecule has 1 unspecified atom stereocenters. The number of fused-ring (bicyclic) bond motifs is 3. The van der Waals surface area contributed by atoms with Crippen LogP contribution in [0.1, 0.15) is 31.2 Å². The Labute approximate surface area is 130 Å². The first-order valence-corrected chi connectivity index (χ1v) is 8.01. The Morgan fingerprint density at radius 1 is 0.864 bits per heavy atom. The lowest BCUT2D eigenvalue weighted by atomic mass is 9.75. The molecule has 0 bridgehead atoms. The van der Waals surface area contributed by atoms with E-state index >= 15 is 0 Å². The van der Waals surface area contributed by atoms with Crippen molar-refractivity contribution in [2.45, 2.75) is 37.4 Å². The Balaban J connectivity index is 2.07. The molecule has 22 heavy (non-hydrogen) atoms. The Morgan fingerprint density at radius 3 is 2.32 bits per heavy atom. The summed E-state index contributed by atoms with van der Waals surface area (Å²) in [7, 11) is 0. The third kappa shape index (κ3) is 1.95. The third-order valence-corrected chi connectivity index (χ3v) is 5.07. The van der Waals surface area contributed by atoms with Crippen LogP contribution in [0.4, 0.5) is 0 Å². The van der Waals surface area contributed by atoms with Gasteiger partial charge in [-0.15, -0.1) is 0 Å². The molecule has 2 atom stereocenters. The van der Waals surface area contributed by atoms with Gasteiger partial charge in [0.25, 0.3) is 0 Å². The molecule has 2 N–H and O–H groups in total. The summed E-state index contributed by atoms with van der Waals surface area (Å²) in [6.45, 7) is 0. The topological polar surface area (TPSA) is 40.5 Å². The van der Waals surface area contributed by atoms with Crippen LogP contribution in [0.15, 0.2) is 54.6 Å². The van der Waals surface area contributed by atoms with Crippen LogP contribution in [0.2, 0.25) is 0 Å². The smallest absolute Gasteiger partial charge is 0.116 e. The van der Waals surface area contributed by atoms with Crippen LogP contribution in [-0.4, -0.2) is 16.3 Å². The quantitative estimate of drug-likeness (QED) is 0.662. The van der Waals surface area contributed by atoms with E-state index in [9.17, 15) is 10.2 Å². The summed E-state index contributed by atoms with van der Waals surface area (Å²) in [5.41, 5.74) is -0.268. The van der Waals surface area contributed by atoms with Crippen molar-refractivity contribution in [1.82, 2.24) is 0 Å². The Morgan fingerprint density at radius 2 is 1.55 bits per heavy atom. The van der Waals surface area contributed by atoms with Gasteiger partial charge in [0.15, 0.2) is 0 Å². The monoisotopic (exact) mass is 292 g/mol. The molecule has 1 saturated carbocycles. The fraction of sp³-hybridized carbons (Fsp3) is 0.300. The highest BCUT2D eigenvalue weighted by atomic mass is 16.3. The summed E-state index contributed by atoms with van der Waals surface area (Å²) in [6, 6.07) is 18.5. The SMILES string of the molecule is O[C@@H]1CCCCC1(O)c1cc2ccccc2c2ccccc12. The first-order valence-electron chi connectivity index (χ1n) is 8.01. The molecule has 0 radical (unpaired) electrons. The van der Waals surface area contributed by atoms with Gasteiger partial charge in [0.1, 0.15) is 5.60 Å². The minimum atomic E-state index is -1.14. The van der Waals surface area contributed by atoms with Gasteiger partial charge >= 0.3 is 0 Å². The average Bonchev–Trinajstić information content (AvgIpc) is 2.57. The van der Waals surface area contributed by atoms with E-state index < -0.39 is 11.7 Å². The molecule has 3 aromatic rings. The zero-order chi connectivity index (χ0) is 15.2. The molecule has 0 amide bonds. The number of aliphatic hydroxyl groups excluding tert-OH is 1. The van der Waals surface area contributed by atoms with Crippen LogP contribution in [0.25, 0.3) is 21.5 Å². The van der Waals surface area contributed by atoms with E-state index in [1.165, 1.54) is 5.39 Å². The zero-order valence-corrected chi connectivity index (χ0v) is 12.5. The van der Waals surface area contributed by atoms with Crippen molar-refractivity contribution in [1.29, 1.82) is 0 Å². The summed E-state index contributed by atoms with van der Waals surface area (Å²) in [5.74, 6) is 0. The van der Waals surface area contributed by atoms with Crippen LogP contribution in [0, 0.1) is 0 Å². The molecule has 2 nitrogen and oxygen atoms in total. The fourth-order valence-electron chi connectivity index (χ4n) is 3.86. The first-order chi connectivity index (χ1) is 10.7. The van der Waals surface area contributed by atoms with Crippen molar-refractivity contribution in [2.75, 3.05) is 0 Å². The van der Waals surface area contributed by atoms with Crippen molar-refractivity contribution in [3.05, 3.63) is 60.2 Å². The second-order valence-corrected chi connectivity index (χ2v) is 6.38. The van der Waals surface area contributed by atoms with E-state index in [0.717, 1.165) is 34.6 Å². The minimum absolute atomic E-state index is 0.622. The van der Waals surface area contributed by atoms with Gasteiger partial charge in [0, 0.05) is 0 Å². The molecule has 0 saturated heterocycles. The fourth-order valence-corrected chi connectivity index (χ4v) is 3.86. The molecule has 0 aromatic heterocycles. The van der Waals surface area contributed by atoms with Gasteiger partial charge in [-0.05, 0) is 46.0 Å². The predicted molar refractivity (Wildman–Crippen MR) is 89.8 cm³/mol. The molecule has 112 valence electrons. The summed E-state index contributed by atoms with van der Waals surface area (Å²) in [5, 5.41) is 26.2. The molecular formula is C20H20O2. The van der Waals surface area contributed by atoms with Gasteiger partial charge < -0.3 is 10.2 Å². The Kier molecular flexibility index (Phi) is 3.17. The molecule has 4 rings (SSSR count). The number of benzene rings is 3. The molecule has 0 aliphatic heterocycles. The third-order valence-electron chi connectivity index (χ3n) is 5.07. The van der Waals surface area contributed by atoms with E-state index in [4.69, 9.17) is 0 Å². The highest BCUT2D eigenvalue weighted by Crippen LogP contribution is 2.42. The average molecular weight is 292 g/mol.